The van der Waals surface area contributed by atoms with Crippen molar-refractivity contribution in [3.8, 4) is 5.75 Å². The molecule has 0 aliphatic heterocycles. The van der Waals surface area contributed by atoms with Gasteiger partial charge in [-0.15, -0.1) is 0 Å². The van der Waals surface area contributed by atoms with Crippen molar-refractivity contribution in [2.75, 3.05) is 23.0 Å². The summed E-state index contributed by atoms with van der Waals surface area (Å²) in [5, 5.41) is 6.51. The molecular formula is C20H23N5O. The fourth-order valence-corrected chi connectivity index (χ4v) is 2.76. The normalized spacial score (nSPS) is 10.4. The van der Waals surface area contributed by atoms with Crippen LogP contribution < -0.4 is 21.1 Å². The van der Waals surface area contributed by atoms with Gasteiger partial charge in [0.25, 0.3) is 0 Å². The second kappa shape index (κ2) is 7.74. The van der Waals surface area contributed by atoms with Crippen LogP contribution in [0.25, 0.3) is 0 Å². The van der Waals surface area contributed by atoms with Gasteiger partial charge in [0.05, 0.1) is 12.3 Å². The van der Waals surface area contributed by atoms with Gasteiger partial charge in [0, 0.05) is 5.69 Å². The highest BCUT2D eigenvalue weighted by Crippen LogP contribution is 2.32. The minimum Gasteiger partial charge on any atom is -0.492 e. The zero-order valence-electron chi connectivity index (χ0n) is 15.2. The Bertz CT molecular complexity index is 890. The van der Waals surface area contributed by atoms with Crippen LogP contribution in [0.5, 0.6) is 5.75 Å². The summed E-state index contributed by atoms with van der Waals surface area (Å²) in [6, 6.07) is 13.9. The van der Waals surface area contributed by atoms with Crippen molar-refractivity contribution in [1.82, 2.24) is 9.97 Å². The molecule has 4 N–H and O–H groups in total. The molecule has 6 nitrogen and oxygen atoms in total. The molecule has 1 aromatic heterocycles. The highest BCUT2D eigenvalue weighted by molar-refractivity contribution is 5.81. The summed E-state index contributed by atoms with van der Waals surface area (Å²) in [5.74, 6) is 1.83. The smallest absolute Gasteiger partial charge is 0.159 e. The molecule has 0 saturated carbocycles. The van der Waals surface area contributed by atoms with Crippen molar-refractivity contribution >= 4 is 28.7 Å². The van der Waals surface area contributed by atoms with E-state index in [0.717, 1.165) is 17.1 Å². The molecule has 2 aromatic carbocycles. The predicted molar refractivity (Wildman–Crippen MR) is 107 cm³/mol. The van der Waals surface area contributed by atoms with E-state index in [1.54, 1.807) is 0 Å². The summed E-state index contributed by atoms with van der Waals surface area (Å²) in [7, 11) is 0. The summed E-state index contributed by atoms with van der Waals surface area (Å²) in [6.45, 7) is 6.64. The number of nitrogen functional groups attached to an aromatic ring is 1. The van der Waals surface area contributed by atoms with Crippen molar-refractivity contribution in [3.05, 3.63) is 59.9 Å². The lowest BCUT2D eigenvalue weighted by molar-refractivity contribution is 0.342. The molecule has 6 heteroatoms. The number of aryl methyl sites for hydroxylation is 2. The summed E-state index contributed by atoms with van der Waals surface area (Å²) in [4.78, 5) is 8.54. The highest BCUT2D eigenvalue weighted by Gasteiger charge is 2.11. The minimum absolute atomic E-state index is 0.443. The van der Waals surface area contributed by atoms with E-state index in [1.165, 1.54) is 17.5 Å². The van der Waals surface area contributed by atoms with Crippen LogP contribution in [0.2, 0.25) is 0 Å². The molecule has 0 unspecified atom stereocenters. The molecule has 0 radical (unpaired) electrons. The SMILES string of the molecule is CCOc1ccccc1Nc1ncnc(Nc2cc(C)cc(C)c2)c1N. The zero-order chi connectivity index (χ0) is 18.5. The first-order valence-corrected chi connectivity index (χ1v) is 8.51. The Balaban J connectivity index is 1.88. The average Bonchev–Trinajstić information content (AvgIpc) is 2.59. The monoisotopic (exact) mass is 349 g/mol. The van der Waals surface area contributed by atoms with Crippen molar-refractivity contribution in [3.63, 3.8) is 0 Å². The first kappa shape index (κ1) is 17.5. The molecule has 1 heterocycles. The van der Waals surface area contributed by atoms with E-state index < -0.39 is 0 Å². The van der Waals surface area contributed by atoms with E-state index in [1.807, 2.05) is 43.3 Å². The highest BCUT2D eigenvalue weighted by atomic mass is 16.5. The van der Waals surface area contributed by atoms with Gasteiger partial charge in [-0.1, -0.05) is 18.2 Å². The third kappa shape index (κ3) is 4.03. The molecule has 0 amide bonds. The number of nitrogens with zero attached hydrogens (tertiary/aromatic N) is 2. The summed E-state index contributed by atoms with van der Waals surface area (Å²) in [5.41, 5.74) is 10.8. The molecule has 0 aliphatic rings. The van der Waals surface area contributed by atoms with Crippen LogP contribution in [-0.2, 0) is 0 Å². The molecule has 3 aromatic rings. The molecule has 0 aliphatic carbocycles. The molecule has 0 saturated heterocycles. The van der Waals surface area contributed by atoms with Crippen molar-refractivity contribution in [2.24, 2.45) is 0 Å². The lowest BCUT2D eigenvalue weighted by atomic mass is 10.1. The second-order valence-corrected chi connectivity index (χ2v) is 6.04. The van der Waals surface area contributed by atoms with Gasteiger partial charge in [0.1, 0.15) is 17.8 Å². The Kier molecular flexibility index (Phi) is 5.22. The van der Waals surface area contributed by atoms with Gasteiger partial charge in [-0.25, -0.2) is 9.97 Å². The van der Waals surface area contributed by atoms with Gasteiger partial charge in [0.15, 0.2) is 11.6 Å². The number of para-hydroxylation sites is 2. The number of hydrogen-bond acceptors (Lipinski definition) is 6. The molecule has 0 bridgehead atoms. The van der Waals surface area contributed by atoms with E-state index in [4.69, 9.17) is 10.5 Å². The predicted octanol–water partition coefficient (Wildman–Crippen LogP) is 4.56. The van der Waals surface area contributed by atoms with Crippen LogP contribution in [0.3, 0.4) is 0 Å². The Morgan fingerprint density at radius 3 is 2.31 bits per heavy atom. The first-order chi connectivity index (χ1) is 12.6. The lowest BCUT2D eigenvalue weighted by Crippen LogP contribution is -2.06. The Morgan fingerprint density at radius 2 is 1.62 bits per heavy atom. The summed E-state index contributed by atoms with van der Waals surface area (Å²) in [6.07, 6.45) is 1.48. The van der Waals surface area contributed by atoms with E-state index >= 15 is 0 Å². The molecule has 0 spiro atoms. The number of benzene rings is 2. The van der Waals surface area contributed by atoms with E-state index in [-0.39, 0.29) is 0 Å². The second-order valence-electron chi connectivity index (χ2n) is 6.04. The van der Waals surface area contributed by atoms with Crippen LogP contribution >= 0.6 is 0 Å². The lowest BCUT2D eigenvalue weighted by Gasteiger charge is -2.15. The maximum absolute atomic E-state index is 6.29. The molecule has 0 fully saturated rings. The number of rotatable bonds is 6. The third-order valence-corrected chi connectivity index (χ3v) is 3.81. The third-order valence-electron chi connectivity index (χ3n) is 3.81. The standard InChI is InChI=1S/C20H23N5O/c1-4-26-17-8-6-5-7-16(17)25-20-18(21)19(22-12-23-20)24-15-10-13(2)9-14(3)11-15/h5-12H,4,21H2,1-3H3,(H2,22,23,24,25). The minimum atomic E-state index is 0.443. The topological polar surface area (TPSA) is 85.1 Å². The average molecular weight is 349 g/mol. The number of hydrogen-bond donors (Lipinski definition) is 3. The summed E-state index contributed by atoms with van der Waals surface area (Å²) < 4.78 is 5.64. The number of nitrogens with one attached hydrogen (secondary N) is 2. The maximum atomic E-state index is 6.29. The van der Waals surface area contributed by atoms with Gasteiger partial charge in [0.2, 0.25) is 0 Å². The van der Waals surface area contributed by atoms with E-state index in [2.05, 4.69) is 40.5 Å². The zero-order valence-corrected chi connectivity index (χ0v) is 15.2. The Morgan fingerprint density at radius 1 is 0.962 bits per heavy atom. The van der Waals surface area contributed by atoms with Crippen LogP contribution in [0.15, 0.2) is 48.8 Å². The Hall–Kier alpha value is -3.28. The number of nitrogens with two attached hydrogens (primary N) is 1. The maximum Gasteiger partial charge on any atom is 0.159 e. The van der Waals surface area contributed by atoms with Crippen LogP contribution in [0, 0.1) is 13.8 Å². The largest absolute Gasteiger partial charge is 0.492 e. The van der Waals surface area contributed by atoms with Gasteiger partial charge in [-0.3, -0.25) is 0 Å². The summed E-state index contributed by atoms with van der Waals surface area (Å²) >= 11 is 0. The van der Waals surface area contributed by atoms with Crippen LogP contribution in [0.1, 0.15) is 18.1 Å². The van der Waals surface area contributed by atoms with Gasteiger partial charge in [-0.2, -0.15) is 0 Å². The number of anilines is 5. The van der Waals surface area contributed by atoms with Crippen molar-refractivity contribution in [2.45, 2.75) is 20.8 Å². The van der Waals surface area contributed by atoms with Crippen LogP contribution in [-0.4, -0.2) is 16.6 Å². The quantitative estimate of drug-likeness (QED) is 0.605. The first-order valence-electron chi connectivity index (χ1n) is 8.51. The van der Waals surface area contributed by atoms with E-state index in [9.17, 15) is 0 Å². The van der Waals surface area contributed by atoms with Crippen LogP contribution in [0.4, 0.5) is 28.7 Å². The molecule has 3 rings (SSSR count). The fourth-order valence-electron chi connectivity index (χ4n) is 2.76. The van der Waals surface area contributed by atoms with Gasteiger partial charge < -0.3 is 21.1 Å². The molecule has 134 valence electrons. The molecule has 0 atom stereocenters. The number of ether oxygens (including phenoxy) is 1. The molecule has 26 heavy (non-hydrogen) atoms. The van der Waals surface area contributed by atoms with Gasteiger partial charge in [-0.05, 0) is 56.2 Å². The molecular weight excluding hydrogens is 326 g/mol. The Labute approximate surface area is 153 Å². The number of aromatic nitrogens is 2. The van der Waals surface area contributed by atoms with Gasteiger partial charge >= 0.3 is 0 Å². The fraction of sp³-hybridized carbons (Fsp3) is 0.200. The van der Waals surface area contributed by atoms with E-state index in [0.29, 0.717) is 23.9 Å². The van der Waals surface area contributed by atoms with Crippen molar-refractivity contribution in [1.29, 1.82) is 0 Å². The van der Waals surface area contributed by atoms with Crippen molar-refractivity contribution < 1.29 is 4.74 Å².